The minimum Gasteiger partial charge on any atom is -0.465 e. The van der Waals surface area contributed by atoms with Crippen LogP contribution in [0.4, 0.5) is 4.39 Å². The van der Waals surface area contributed by atoms with Crippen molar-refractivity contribution in [2.75, 3.05) is 6.61 Å². The predicted octanol–water partition coefficient (Wildman–Crippen LogP) is 2.57. The molecule has 2 N–H and O–H groups in total. The number of halogens is 1. The highest BCUT2D eigenvalue weighted by atomic mass is 32.2. The van der Waals surface area contributed by atoms with Crippen molar-refractivity contribution in [1.29, 1.82) is 0 Å². The van der Waals surface area contributed by atoms with Gasteiger partial charge in [0, 0.05) is 17.3 Å². The zero-order valence-electron chi connectivity index (χ0n) is 15.0. The number of primary sulfonamides is 1. The van der Waals surface area contributed by atoms with Gasteiger partial charge in [0.05, 0.1) is 11.5 Å². The molecule has 0 spiro atoms. The van der Waals surface area contributed by atoms with E-state index >= 15 is 0 Å². The van der Waals surface area contributed by atoms with Gasteiger partial charge in [-0.05, 0) is 36.8 Å². The van der Waals surface area contributed by atoms with E-state index in [1.807, 2.05) is 0 Å². The minimum atomic E-state index is -3.81. The summed E-state index contributed by atoms with van der Waals surface area (Å²) in [6.07, 6.45) is 1.66. The lowest BCUT2D eigenvalue weighted by Gasteiger charge is -2.04. The van der Waals surface area contributed by atoms with Crippen LogP contribution in [0.1, 0.15) is 6.92 Å². The molecule has 1 aromatic heterocycles. The fourth-order valence-corrected chi connectivity index (χ4v) is 3.21. The third-order valence-corrected chi connectivity index (χ3v) is 4.90. The maximum absolute atomic E-state index is 13.3. The van der Waals surface area contributed by atoms with Crippen molar-refractivity contribution >= 4 is 16.0 Å². The van der Waals surface area contributed by atoms with Gasteiger partial charge in [0.25, 0.3) is 0 Å². The second kappa shape index (κ2) is 7.91. The number of ether oxygens (including phenoxy) is 1. The number of nitrogens with zero attached hydrogens (tertiary/aromatic N) is 2. The standard InChI is InChI=1S/C19H18FN3O4S/c1-2-27-18(24)12-23-11-17(13-3-7-15(20)8-4-13)19(22-23)14-5-9-16(10-6-14)28(21,25)26/h3-11H,2,12H2,1H3,(H2,21,25,26). The molecule has 3 rings (SSSR count). The van der Waals surface area contributed by atoms with Crippen LogP contribution in [0.25, 0.3) is 22.4 Å². The van der Waals surface area contributed by atoms with Crippen molar-refractivity contribution < 1.29 is 22.3 Å². The molecular weight excluding hydrogens is 385 g/mol. The number of rotatable bonds is 6. The average Bonchev–Trinajstić information content (AvgIpc) is 3.05. The first-order chi connectivity index (χ1) is 13.3. The molecular formula is C19H18FN3O4S. The number of carbonyl (C=O) groups excluding carboxylic acids is 1. The van der Waals surface area contributed by atoms with Gasteiger partial charge in [0.1, 0.15) is 18.1 Å². The topological polar surface area (TPSA) is 104 Å². The Morgan fingerprint density at radius 1 is 1.11 bits per heavy atom. The van der Waals surface area contributed by atoms with Crippen molar-refractivity contribution in [2.24, 2.45) is 5.14 Å². The molecule has 1 heterocycles. The molecule has 28 heavy (non-hydrogen) atoms. The van der Waals surface area contributed by atoms with E-state index in [1.54, 1.807) is 37.4 Å². The molecule has 7 nitrogen and oxygen atoms in total. The van der Waals surface area contributed by atoms with E-state index in [4.69, 9.17) is 9.88 Å². The average molecular weight is 403 g/mol. The maximum atomic E-state index is 13.3. The van der Waals surface area contributed by atoms with E-state index in [0.717, 1.165) is 0 Å². The Balaban J connectivity index is 2.06. The lowest BCUT2D eigenvalue weighted by molar-refractivity contribution is -0.144. The molecule has 0 fully saturated rings. The van der Waals surface area contributed by atoms with Crippen molar-refractivity contribution in [2.45, 2.75) is 18.4 Å². The quantitative estimate of drug-likeness (QED) is 0.637. The monoisotopic (exact) mass is 403 g/mol. The van der Waals surface area contributed by atoms with Crippen LogP contribution in [-0.4, -0.2) is 30.8 Å². The van der Waals surface area contributed by atoms with Gasteiger partial charge in [-0.25, -0.2) is 17.9 Å². The highest BCUT2D eigenvalue weighted by molar-refractivity contribution is 7.89. The van der Waals surface area contributed by atoms with E-state index in [9.17, 15) is 17.6 Å². The number of hydrogen-bond donors (Lipinski definition) is 1. The van der Waals surface area contributed by atoms with E-state index in [-0.39, 0.29) is 23.9 Å². The summed E-state index contributed by atoms with van der Waals surface area (Å²) < 4.78 is 42.6. The number of nitrogens with two attached hydrogens (primary N) is 1. The molecule has 146 valence electrons. The molecule has 0 aliphatic rings. The molecule has 0 saturated carbocycles. The number of hydrogen-bond acceptors (Lipinski definition) is 5. The molecule has 3 aromatic rings. The fourth-order valence-electron chi connectivity index (χ4n) is 2.70. The predicted molar refractivity (Wildman–Crippen MR) is 101 cm³/mol. The number of carbonyl (C=O) groups is 1. The molecule has 0 saturated heterocycles. The van der Waals surface area contributed by atoms with Gasteiger partial charge in [0.15, 0.2) is 0 Å². The lowest BCUT2D eigenvalue weighted by Crippen LogP contribution is -2.13. The lowest BCUT2D eigenvalue weighted by atomic mass is 10.0. The first-order valence-corrected chi connectivity index (χ1v) is 9.95. The maximum Gasteiger partial charge on any atom is 0.327 e. The molecule has 0 aliphatic carbocycles. The van der Waals surface area contributed by atoms with Gasteiger partial charge in [-0.1, -0.05) is 24.3 Å². The van der Waals surface area contributed by atoms with Gasteiger partial charge in [0.2, 0.25) is 10.0 Å². The number of benzene rings is 2. The van der Waals surface area contributed by atoms with E-state index < -0.39 is 16.0 Å². The van der Waals surface area contributed by atoms with E-state index in [1.165, 1.54) is 28.9 Å². The van der Waals surface area contributed by atoms with Crippen LogP contribution < -0.4 is 5.14 Å². The van der Waals surface area contributed by atoms with Crippen LogP contribution in [0, 0.1) is 5.82 Å². The number of aromatic nitrogens is 2. The summed E-state index contributed by atoms with van der Waals surface area (Å²) in [4.78, 5) is 11.8. The Morgan fingerprint density at radius 3 is 2.29 bits per heavy atom. The van der Waals surface area contributed by atoms with Crippen LogP contribution in [0.5, 0.6) is 0 Å². The van der Waals surface area contributed by atoms with Crippen molar-refractivity contribution in [3.8, 4) is 22.4 Å². The Morgan fingerprint density at radius 2 is 1.71 bits per heavy atom. The summed E-state index contributed by atoms with van der Waals surface area (Å²) in [6.45, 7) is 1.88. The summed E-state index contributed by atoms with van der Waals surface area (Å²) in [5.41, 5.74) is 2.49. The Kier molecular flexibility index (Phi) is 5.57. The molecule has 2 aromatic carbocycles. The second-order valence-electron chi connectivity index (χ2n) is 5.97. The van der Waals surface area contributed by atoms with Gasteiger partial charge < -0.3 is 4.74 Å². The van der Waals surface area contributed by atoms with Crippen LogP contribution >= 0.6 is 0 Å². The molecule has 0 bridgehead atoms. The van der Waals surface area contributed by atoms with Crippen molar-refractivity contribution in [3.63, 3.8) is 0 Å². The highest BCUT2D eigenvalue weighted by Crippen LogP contribution is 2.31. The summed E-state index contributed by atoms with van der Waals surface area (Å²) in [5, 5.41) is 9.57. The minimum absolute atomic E-state index is 0.0226. The van der Waals surface area contributed by atoms with Crippen molar-refractivity contribution in [3.05, 3.63) is 60.5 Å². The molecule has 0 radical (unpaired) electrons. The molecule has 9 heteroatoms. The van der Waals surface area contributed by atoms with E-state index in [0.29, 0.717) is 22.4 Å². The largest absolute Gasteiger partial charge is 0.465 e. The Hall–Kier alpha value is -3.04. The summed E-state index contributed by atoms with van der Waals surface area (Å²) in [5.74, 6) is -0.812. The third-order valence-electron chi connectivity index (χ3n) is 3.97. The Labute approximate surface area is 161 Å². The molecule has 0 unspecified atom stereocenters. The third kappa shape index (κ3) is 4.44. The van der Waals surface area contributed by atoms with Crippen LogP contribution in [-0.2, 0) is 26.1 Å². The highest BCUT2D eigenvalue weighted by Gasteiger charge is 2.16. The summed E-state index contributed by atoms with van der Waals surface area (Å²) in [6, 6.07) is 11.8. The summed E-state index contributed by atoms with van der Waals surface area (Å²) in [7, 11) is -3.81. The van der Waals surface area contributed by atoms with E-state index in [2.05, 4.69) is 5.10 Å². The molecule has 0 aliphatic heterocycles. The first-order valence-electron chi connectivity index (χ1n) is 8.40. The van der Waals surface area contributed by atoms with Crippen LogP contribution in [0.3, 0.4) is 0 Å². The fraction of sp³-hybridized carbons (Fsp3) is 0.158. The van der Waals surface area contributed by atoms with Crippen LogP contribution in [0.2, 0.25) is 0 Å². The van der Waals surface area contributed by atoms with Crippen LogP contribution in [0.15, 0.2) is 59.6 Å². The number of esters is 1. The van der Waals surface area contributed by atoms with Gasteiger partial charge in [-0.15, -0.1) is 0 Å². The van der Waals surface area contributed by atoms with Gasteiger partial charge in [-0.3, -0.25) is 9.48 Å². The normalized spacial score (nSPS) is 11.4. The molecule has 0 amide bonds. The zero-order chi connectivity index (χ0) is 20.3. The smallest absolute Gasteiger partial charge is 0.327 e. The zero-order valence-corrected chi connectivity index (χ0v) is 15.8. The first kappa shape index (κ1) is 19.7. The van der Waals surface area contributed by atoms with Gasteiger partial charge >= 0.3 is 5.97 Å². The van der Waals surface area contributed by atoms with Gasteiger partial charge in [-0.2, -0.15) is 5.10 Å². The Bertz CT molecular complexity index is 1090. The second-order valence-corrected chi connectivity index (χ2v) is 7.53. The number of sulfonamides is 1. The molecule has 0 atom stereocenters. The summed E-state index contributed by atoms with van der Waals surface area (Å²) >= 11 is 0. The van der Waals surface area contributed by atoms with Crippen molar-refractivity contribution in [1.82, 2.24) is 9.78 Å². The SMILES string of the molecule is CCOC(=O)Cn1cc(-c2ccc(F)cc2)c(-c2ccc(S(N)(=O)=O)cc2)n1.